The molecule has 0 saturated carbocycles. The number of likely N-dealkylation sites (N-methyl/N-ethyl adjacent to an activating group) is 1. The van der Waals surface area contributed by atoms with Gasteiger partial charge in [0, 0.05) is 12.2 Å². The van der Waals surface area contributed by atoms with Crippen LogP contribution in [0.5, 0.6) is 0 Å². The molecule has 0 amide bonds. The number of nitrogens with zero attached hydrogens (tertiary/aromatic N) is 1. The van der Waals surface area contributed by atoms with Crippen molar-refractivity contribution in [2.45, 2.75) is 20.8 Å². The first-order valence-corrected chi connectivity index (χ1v) is 7.01. The van der Waals surface area contributed by atoms with Gasteiger partial charge in [0.2, 0.25) is 0 Å². The molecule has 122 valence electrons. The first kappa shape index (κ1) is 22.4. The molecular formula is C15H26INO4. The number of hydrogen-bond acceptors (Lipinski definition) is 4. The fourth-order valence-corrected chi connectivity index (χ4v) is 1.86. The zero-order valence-corrected chi connectivity index (χ0v) is 15.3. The zero-order valence-electron chi connectivity index (χ0n) is 13.1. The van der Waals surface area contributed by atoms with Gasteiger partial charge in [0.25, 0.3) is 0 Å². The minimum atomic E-state index is -0.581. The summed E-state index contributed by atoms with van der Waals surface area (Å²) in [6, 6.07) is 0. The predicted molar refractivity (Wildman–Crippen MR) is 78.0 cm³/mol. The van der Waals surface area contributed by atoms with Crippen molar-refractivity contribution in [3.8, 4) is 0 Å². The number of hydrogen-bond donors (Lipinski definition) is 0. The first-order valence-electron chi connectivity index (χ1n) is 7.01. The van der Waals surface area contributed by atoms with E-state index in [0.717, 1.165) is 42.8 Å². The average molecular weight is 411 g/mol. The molecule has 0 unspecified atom stereocenters. The van der Waals surface area contributed by atoms with E-state index >= 15 is 0 Å². The van der Waals surface area contributed by atoms with Crippen molar-refractivity contribution in [2.75, 3.05) is 39.4 Å². The Morgan fingerprint density at radius 3 is 1.90 bits per heavy atom. The van der Waals surface area contributed by atoms with Crippen LogP contribution in [0.3, 0.4) is 0 Å². The van der Waals surface area contributed by atoms with Crippen LogP contribution in [-0.4, -0.2) is 55.8 Å². The van der Waals surface area contributed by atoms with Gasteiger partial charge < -0.3 is 37.9 Å². The normalized spacial score (nSPS) is 10.8. The van der Waals surface area contributed by atoms with Gasteiger partial charge in [-0.25, -0.2) is 9.59 Å². The zero-order chi connectivity index (χ0) is 15.4. The Morgan fingerprint density at radius 2 is 1.48 bits per heavy atom. The molecule has 0 rings (SSSR count). The van der Waals surface area contributed by atoms with Gasteiger partial charge in [-0.05, 0) is 20.8 Å². The van der Waals surface area contributed by atoms with Gasteiger partial charge in [-0.2, -0.15) is 0 Å². The molecule has 0 radical (unpaired) electrons. The molecule has 0 aliphatic carbocycles. The van der Waals surface area contributed by atoms with Crippen LogP contribution in [-0.2, 0) is 19.1 Å². The third-order valence-corrected chi connectivity index (χ3v) is 3.52. The van der Waals surface area contributed by atoms with E-state index in [1.807, 2.05) is 0 Å². The summed E-state index contributed by atoms with van der Waals surface area (Å²) in [5, 5.41) is 0. The highest BCUT2D eigenvalue weighted by Gasteiger charge is 2.20. The maximum absolute atomic E-state index is 11.4. The van der Waals surface area contributed by atoms with Crippen molar-refractivity contribution in [1.82, 2.24) is 0 Å². The van der Waals surface area contributed by atoms with Gasteiger partial charge in [-0.3, -0.25) is 0 Å². The second-order valence-corrected chi connectivity index (χ2v) is 4.43. The fraction of sp³-hybridized carbons (Fsp3) is 0.600. The average Bonchev–Trinajstić information content (AvgIpc) is 2.48. The van der Waals surface area contributed by atoms with Crippen LogP contribution >= 0.6 is 0 Å². The van der Waals surface area contributed by atoms with E-state index in [4.69, 9.17) is 9.47 Å². The molecule has 0 aromatic rings. The van der Waals surface area contributed by atoms with Crippen molar-refractivity contribution >= 4 is 11.9 Å². The number of carbonyl (C=O) groups is 2. The van der Waals surface area contributed by atoms with Gasteiger partial charge in [0.15, 0.2) is 0 Å². The molecule has 6 heteroatoms. The summed E-state index contributed by atoms with van der Waals surface area (Å²) in [5.41, 5.74) is 0. The fourth-order valence-electron chi connectivity index (χ4n) is 1.86. The molecule has 21 heavy (non-hydrogen) atoms. The van der Waals surface area contributed by atoms with Crippen LogP contribution in [0.15, 0.2) is 24.8 Å². The molecule has 0 aromatic heterocycles. The summed E-state index contributed by atoms with van der Waals surface area (Å²) < 4.78 is 10.7. The molecule has 5 nitrogen and oxygen atoms in total. The molecule has 0 heterocycles. The van der Waals surface area contributed by atoms with Gasteiger partial charge in [-0.15, -0.1) is 0 Å². The molecule has 0 saturated heterocycles. The van der Waals surface area contributed by atoms with Crippen LogP contribution in [0.1, 0.15) is 20.8 Å². The lowest BCUT2D eigenvalue weighted by molar-refractivity contribution is -0.923. The number of ether oxygens (including phenoxy) is 2. The summed E-state index contributed by atoms with van der Waals surface area (Å²) >= 11 is 0. The van der Waals surface area contributed by atoms with E-state index in [9.17, 15) is 9.59 Å². The molecular weight excluding hydrogens is 385 g/mol. The van der Waals surface area contributed by atoms with E-state index in [-0.39, 0.29) is 30.6 Å². The lowest BCUT2D eigenvalue weighted by Gasteiger charge is -2.35. The minimum Gasteiger partial charge on any atom is -1.00 e. The SMILES string of the molecule is C=CCOC(=O)C=CC(=O)OCC[N+](CC)(CC)CC.[I-]. The molecule has 0 bridgehead atoms. The van der Waals surface area contributed by atoms with Crippen molar-refractivity contribution in [2.24, 2.45) is 0 Å². The molecule has 0 spiro atoms. The van der Waals surface area contributed by atoms with E-state index in [2.05, 4.69) is 27.4 Å². The van der Waals surface area contributed by atoms with E-state index in [0.29, 0.717) is 6.61 Å². The summed E-state index contributed by atoms with van der Waals surface area (Å²) in [4.78, 5) is 22.5. The number of carbonyl (C=O) groups excluding carboxylic acids is 2. The Balaban J connectivity index is 0. The third-order valence-electron chi connectivity index (χ3n) is 3.52. The largest absolute Gasteiger partial charge is 1.00 e. The van der Waals surface area contributed by atoms with Crippen LogP contribution in [0.25, 0.3) is 0 Å². The van der Waals surface area contributed by atoms with Crippen molar-refractivity contribution in [3.05, 3.63) is 24.8 Å². The second-order valence-electron chi connectivity index (χ2n) is 4.43. The number of halogens is 1. The van der Waals surface area contributed by atoms with E-state index < -0.39 is 11.9 Å². The van der Waals surface area contributed by atoms with Crippen molar-refractivity contribution in [3.63, 3.8) is 0 Å². The van der Waals surface area contributed by atoms with Crippen LogP contribution in [0.2, 0.25) is 0 Å². The van der Waals surface area contributed by atoms with Gasteiger partial charge in [0.05, 0.1) is 19.6 Å². The maximum atomic E-state index is 11.4. The molecule has 0 N–H and O–H groups in total. The lowest BCUT2D eigenvalue weighted by atomic mass is 10.3. The highest BCUT2D eigenvalue weighted by molar-refractivity contribution is 5.91. The highest BCUT2D eigenvalue weighted by atomic mass is 127. The van der Waals surface area contributed by atoms with Gasteiger partial charge in [0.1, 0.15) is 19.8 Å². The summed E-state index contributed by atoms with van der Waals surface area (Å²) in [6.45, 7) is 14.1. The van der Waals surface area contributed by atoms with Crippen LogP contribution < -0.4 is 24.0 Å². The van der Waals surface area contributed by atoms with Crippen LogP contribution in [0.4, 0.5) is 0 Å². The Bertz CT molecular complexity index is 343. The second kappa shape index (κ2) is 12.8. The lowest BCUT2D eigenvalue weighted by Crippen LogP contribution is -3.00. The predicted octanol–water partition coefficient (Wildman–Crippen LogP) is -1.30. The summed E-state index contributed by atoms with van der Waals surface area (Å²) in [6.07, 6.45) is 3.61. The maximum Gasteiger partial charge on any atom is 0.331 e. The summed E-state index contributed by atoms with van der Waals surface area (Å²) in [7, 11) is 0. The van der Waals surface area contributed by atoms with Gasteiger partial charge in [-0.1, -0.05) is 12.7 Å². The molecule has 0 fully saturated rings. The Morgan fingerprint density at radius 1 is 1.00 bits per heavy atom. The molecule has 0 aromatic carbocycles. The topological polar surface area (TPSA) is 52.6 Å². The minimum absolute atomic E-state index is 0. The molecule has 0 aliphatic heterocycles. The summed E-state index contributed by atoms with van der Waals surface area (Å²) in [5.74, 6) is -1.11. The first-order chi connectivity index (χ1) is 9.53. The highest BCUT2D eigenvalue weighted by Crippen LogP contribution is 2.05. The molecule has 0 atom stereocenters. The smallest absolute Gasteiger partial charge is 0.331 e. The Hall–Kier alpha value is -0.890. The Kier molecular flexibility index (Phi) is 13.7. The van der Waals surface area contributed by atoms with Gasteiger partial charge >= 0.3 is 11.9 Å². The van der Waals surface area contributed by atoms with E-state index in [1.165, 1.54) is 6.08 Å². The van der Waals surface area contributed by atoms with Crippen molar-refractivity contribution in [1.29, 1.82) is 0 Å². The Labute approximate surface area is 144 Å². The number of quaternary nitrogens is 1. The monoisotopic (exact) mass is 411 g/mol. The number of rotatable bonds is 10. The van der Waals surface area contributed by atoms with Crippen LogP contribution in [0, 0.1) is 0 Å². The quantitative estimate of drug-likeness (QED) is 0.147. The molecule has 0 aliphatic rings. The standard InChI is InChI=1S/C15H26NO4.HI/c1-5-12-19-14(17)9-10-15(18)20-13-11-16(6-2,7-3)8-4;/h5,9-10H,1,6-8,11-13H2,2-4H3;1H/q+1;/p-1. The number of esters is 2. The third kappa shape index (κ3) is 9.62. The van der Waals surface area contributed by atoms with Crippen molar-refractivity contribution < 1.29 is 47.5 Å². The van der Waals surface area contributed by atoms with E-state index in [1.54, 1.807) is 0 Å².